The van der Waals surface area contributed by atoms with Crippen LogP contribution in [0.4, 0.5) is 0 Å². The number of rotatable bonds is 15. The molecule has 4 rings (SSSR count). The second kappa shape index (κ2) is 14.9. The first kappa shape index (κ1) is 31.1. The van der Waals surface area contributed by atoms with Crippen LogP contribution in [0.3, 0.4) is 0 Å². The molecule has 1 aromatic heterocycles. The van der Waals surface area contributed by atoms with Gasteiger partial charge in [-0.3, -0.25) is 15.0 Å². The number of carbonyl (C=O) groups excluding carboxylic acids is 2. The van der Waals surface area contributed by atoms with E-state index in [4.69, 9.17) is 11.1 Å². The van der Waals surface area contributed by atoms with Gasteiger partial charge in [0.05, 0.1) is 24.0 Å². The van der Waals surface area contributed by atoms with Crippen molar-refractivity contribution in [3.63, 3.8) is 0 Å². The number of nitrogens with zero attached hydrogens (tertiary/aromatic N) is 1. The van der Waals surface area contributed by atoms with Gasteiger partial charge in [-0.05, 0) is 36.0 Å². The monoisotopic (exact) mass is 601 g/mol. The Morgan fingerprint density at radius 3 is 2.14 bits per heavy atom. The number of carbonyl (C=O) groups is 2. The van der Waals surface area contributed by atoms with Crippen LogP contribution in [0, 0.1) is 5.41 Å². The van der Waals surface area contributed by atoms with Crippen LogP contribution in [0.1, 0.15) is 46.8 Å². The van der Waals surface area contributed by atoms with Crippen molar-refractivity contribution in [3.8, 4) is 0 Å². The van der Waals surface area contributed by atoms with Gasteiger partial charge in [-0.2, -0.15) is 0 Å². The Kier molecular flexibility index (Phi) is 10.8. The summed E-state index contributed by atoms with van der Waals surface area (Å²) in [4.78, 5) is 33.8. The van der Waals surface area contributed by atoms with E-state index in [2.05, 4.69) is 25.3 Å². The number of hydrogen-bond acceptors (Lipinski definition) is 6. The predicted molar refractivity (Wildman–Crippen MR) is 164 cm³/mol. The van der Waals surface area contributed by atoms with Crippen LogP contribution >= 0.6 is 0 Å². The van der Waals surface area contributed by atoms with Gasteiger partial charge in [-0.25, -0.2) is 18.1 Å². The van der Waals surface area contributed by atoms with Crippen molar-refractivity contribution < 1.29 is 18.0 Å². The highest BCUT2D eigenvalue weighted by Gasteiger charge is 2.30. The molecule has 0 saturated carbocycles. The van der Waals surface area contributed by atoms with Crippen molar-refractivity contribution in [1.82, 2.24) is 25.3 Å². The summed E-state index contributed by atoms with van der Waals surface area (Å²) in [7, 11) is -3.90. The van der Waals surface area contributed by atoms with E-state index < -0.39 is 33.9 Å². The first-order chi connectivity index (χ1) is 20.7. The fourth-order valence-electron chi connectivity index (χ4n) is 4.50. The van der Waals surface area contributed by atoms with Crippen molar-refractivity contribution in [2.24, 2.45) is 5.73 Å². The minimum absolute atomic E-state index is 0.0599. The van der Waals surface area contributed by atoms with Crippen molar-refractivity contribution in [1.29, 1.82) is 5.41 Å². The van der Waals surface area contributed by atoms with Gasteiger partial charge in [-0.15, -0.1) is 0 Å². The third kappa shape index (κ3) is 9.62. The molecule has 0 aliphatic heterocycles. The maximum atomic E-state index is 13.6. The minimum Gasteiger partial charge on any atom is -0.384 e. The highest BCUT2D eigenvalue weighted by atomic mass is 32.2. The van der Waals surface area contributed by atoms with Gasteiger partial charge in [0.1, 0.15) is 17.9 Å². The predicted octanol–water partition coefficient (Wildman–Crippen LogP) is 2.68. The van der Waals surface area contributed by atoms with Gasteiger partial charge in [0.25, 0.3) is 0 Å². The number of aromatic amines is 1. The molecule has 0 radical (unpaired) electrons. The van der Waals surface area contributed by atoms with Crippen molar-refractivity contribution in [3.05, 3.63) is 125 Å². The van der Waals surface area contributed by atoms with Crippen LogP contribution in [0.15, 0.2) is 97.5 Å². The number of hydrogen-bond donors (Lipinski definition) is 6. The zero-order chi connectivity index (χ0) is 30.7. The highest BCUT2D eigenvalue weighted by molar-refractivity contribution is 7.88. The number of nitrogens with one attached hydrogen (secondary N) is 5. The first-order valence-corrected chi connectivity index (χ1v) is 15.4. The average molecular weight is 602 g/mol. The number of sulfonamides is 1. The van der Waals surface area contributed by atoms with Crippen LogP contribution < -0.4 is 21.1 Å². The summed E-state index contributed by atoms with van der Waals surface area (Å²) in [5, 5.41) is 13.0. The smallest absolute Gasteiger partial charge is 0.249 e. The lowest BCUT2D eigenvalue weighted by Gasteiger charge is -2.23. The molecule has 2 amide bonds. The molecule has 1 heterocycles. The Morgan fingerprint density at radius 2 is 1.53 bits per heavy atom. The van der Waals surface area contributed by atoms with Crippen LogP contribution in [0.5, 0.6) is 0 Å². The van der Waals surface area contributed by atoms with E-state index in [-0.39, 0.29) is 24.6 Å². The normalized spacial score (nSPS) is 12.7. The molecule has 11 nitrogen and oxygen atoms in total. The third-order valence-corrected chi connectivity index (χ3v) is 8.11. The largest absolute Gasteiger partial charge is 0.384 e. The maximum Gasteiger partial charge on any atom is 0.249 e. The number of aromatic nitrogens is 2. The first-order valence-electron chi connectivity index (χ1n) is 13.8. The maximum absolute atomic E-state index is 13.6. The van der Waals surface area contributed by atoms with Gasteiger partial charge >= 0.3 is 0 Å². The Hall–Kier alpha value is -4.81. The van der Waals surface area contributed by atoms with Gasteiger partial charge in [-0.1, -0.05) is 84.9 Å². The molecular formula is C31H35N7O4S. The summed E-state index contributed by atoms with van der Waals surface area (Å²) in [5.74, 6) is -1.49. The number of imidazole rings is 1. The van der Waals surface area contributed by atoms with Crippen LogP contribution in [-0.4, -0.2) is 42.1 Å². The van der Waals surface area contributed by atoms with E-state index in [1.54, 1.807) is 54.6 Å². The number of benzene rings is 3. The molecule has 3 aromatic carbocycles. The summed E-state index contributed by atoms with van der Waals surface area (Å²) in [6.45, 7) is 0.154. The van der Waals surface area contributed by atoms with E-state index in [1.807, 2.05) is 30.3 Å². The summed E-state index contributed by atoms with van der Waals surface area (Å²) in [6.07, 6.45) is 4.22. The number of nitrogens with two attached hydrogens (primary N) is 1. The van der Waals surface area contributed by atoms with E-state index in [0.29, 0.717) is 29.7 Å². The average Bonchev–Trinajstić information content (AvgIpc) is 3.54. The number of amidine groups is 1. The second-order valence-corrected chi connectivity index (χ2v) is 11.8. The Balaban J connectivity index is 1.48. The van der Waals surface area contributed by atoms with Crippen molar-refractivity contribution in [2.45, 2.75) is 43.6 Å². The number of H-pyrrole nitrogens is 1. The Labute approximate surface area is 250 Å². The topological polar surface area (TPSA) is 183 Å². The van der Waals surface area contributed by atoms with Gasteiger partial charge in [0, 0.05) is 12.1 Å². The Morgan fingerprint density at radius 1 is 0.884 bits per heavy atom. The van der Waals surface area contributed by atoms with Crippen molar-refractivity contribution in [2.75, 3.05) is 0 Å². The molecule has 7 N–H and O–H groups in total. The molecule has 0 fully saturated rings. The Bertz CT molecular complexity index is 1600. The second-order valence-electron chi connectivity index (χ2n) is 10.1. The standard InChI is InChI=1S/C31H35N7O4S/c32-29(33)25-16-14-23(15-17-25)18-35-31(40)28(27-19-34-21-36-27)37-30(39)26(13-7-12-22-8-3-1-4-9-22)38-43(41,42)20-24-10-5-2-6-11-24/h1-6,8-11,14-17,19,21,26,28,38H,7,12-13,18,20H2,(H3,32,33)(H,34,36)(H,35,40)(H,37,39). The molecule has 2 atom stereocenters. The minimum atomic E-state index is -3.90. The van der Waals surface area contributed by atoms with Gasteiger partial charge in [0.2, 0.25) is 21.8 Å². The molecule has 0 aliphatic carbocycles. The fourth-order valence-corrected chi connectivity index (χ4v) is 5.87. The summed E-state index contributed by atoms with van der Waals surface area (Å²) in [5.41, 5.74) is 8.83. The number of aryl methyl sites for hydroxylation is 1. The van der Waals surface area contributed by atoms with E-state index in [9.17, 15) is 18.0 Å². The van der Waals surface area contributed by atoms with Crippen LogP contribution in [-0.2, 0) is 38.3 Å². The zero-order valence-electron chi connectivity index (χ0n) is 23.5. The zero-order valence-corrected chi connectivity index (χ0v) is 24.3. The summed E-state index contributed by atoms with van der Waals surface area (Å²) >= 11 is 0. The van der Waals surface area contributed by atoms with Crippen LogP contribution in [0.25, 0.3) is 0 Å². The quantitative estimate of drug-likeness (QED) is 0.0899. The number of nitrogen functional groups attached to an aromatic ring is 1. The molecular weight excluding hydrogens is 566 g/mol. The van der Waals surface area contributed by atoms with E-state index >= 15 is 0 Å². The van der Waals surface area contributed by atoms with Crippen LogP contribution in [0.2, 0.25) is 0 Å². The molecule has 2 unspecified atom stereocenters. The molecule has 4 aromatic rings. The third-order valence-electron chi connectivity index (χ3n) is 6.75. The van der Waals surface area contributed by atoms with Crippen molar-refractivity contribution >= 4 is 27.7 Å². The van der Waals surface area contributed by atoms with E-state index in [1.165, 1.54) is 12.5 Å². The van der Waals surface area contributed by atoms with E-state index in [0.717, 1.165) is 11.1 Å². The molecule has 224 valence electrons. The molecule has 0 aliphatic rings. The fraction of sp³-hybridized carbons (Fsp3) is 0.226. The molecule has 0 saturated heterocycles. The number of amides is 2. The van der Waals surface area contributed by atoms with Gasteiger partial charge < -0.3 is 21.4 Å². The SMILES string of the molecule is N=C(N)c1ccc(CNC(=O)C(NC(=O)C(CCCc2ccccc2)NS(=O)(=O)Cc2ccccc2)c2cnc[nH]2)cc1. The molecule has 43 heavy (non-hydrogen) atoms. The summed E-state index contributed by atoms with van der Waals surface area (Å²) in [6, 6.07) is 23.0. The molecule has 0 bridgehead atoms. The lowest BCUT2D eigenvalue weighted by Crippen LogP contribution is -2.50. The lowest BCUT2D eigenvalue weighted by atomic mass is 10.0. The highest BCUT2D eigenvalue weighted by Crippen LogP contribution is 2.14. The summed E-state index contributed by atoms with van der Waals surface area (Å²) < 4.78 is 28.8. The lowest BCUT2D eigenvalue weighted by molar-refractivity contribution is -0.130. The molecule has 12 heteroatoms. The van der Waals surface area contributed by atoms with Gasteiger partial charge in [0.15, 0.2) is 0 Å². The molecule has 0 spiro atoms.